The third-order valence-corrected chi connectivity index (χ3v) is 5.90. The number of nitrogen functional groups attached to an aromatic ring is 1. The van der Waals surface area contributed by atoms with Crippen LogP contribution >= 0.6 is 27.7 Å². The second-order valence-electron chi connectivity index (χ2n) is 4.59. The van der Waals surface area contributed by atoms with Crippen LogP contribution in [0.4, 0.5) is 10.1 Å². The maximum atomic E-state index is 13.2. The van der Waals surface area contributed by atoms with Crippen LogP contribution in [0.2, 0.25) is 0 Å². The van der Waals surface area contributed by atoms with E-state index in [9.17, 15) is 12.8 Å². The first-order valence-corrected chi connectivity index (χ1v) is 8.88. The summed E-state index contributed by atoms with van der Waals surface area (Å²) in [5.41, 5.74) is 5.45. The molecule has 0 amide bonds. The zero-order valence-electron chi connectivity index (χ0n) is 10.8. The molecule has 0 saturated heterocycles. The highest BCUT2D eigenvalue weighted by Gasteiger charge is 2.23. The zero-order chi connectivity index (χ0) is 14.8. The highest BCUT2D eigenvalue weighted by Crippen LogP contribution is 2.27. The van der Waals surface area contributed by atoms with Gasteiger partial charge in [0.1, 0.15) is 10.7 Å². The maximum Gasteiger partial charge on any atom is 0.242 e. The molecule has 0 atom stereocenters. The Morgan fingerprint density at radius 1 is 1.47 bits per heavy atom. The molecule has 108 valence electrons. The topological polar surface area (TPSA) is 72.2 Å². The van der Waals surface area contributed by atoms with E-state index in [1.54, 1.807) is 11.8 Å². The van der Waals surface area contributed by atoms with Gasteiger partial charge in [-0.15, -0.1) is 0 Å². The van der Waals surface area contributed by atoms with Crippen LogP contribution in [0, 0.1) is 5.82 Å². The number of benzene rings is 1. The molecule has 0 aliphatic heterocycles. The number of thioether (sulfide) groups is 1. The molecule has 0 aromatic heterocycles. The normalized spacial score (nSPS) is 12.7. The fraction of sp³-hybridized carbons (Fsp3) is 0.455. The molecule has 1 aromatic carbocycles. The Bertz CT molecular complexity index is 576. The quantitative estimate of drug-likeness (QED) is 0.781. The minimum Gasteiger partial charge on any atom is -0.398 e. The molecule has 0 saturated carbocycles. The molecule has 0 radical (unpaired) electrons. The molecule has 1 aromatic rings. The highest BCUT2D eigenvalue weighted by molar-refractivity contribution is 9.10. The summed E-state index contributed by atoms with van der Waals surface area (Å²) in [6, 6.07) is 2.15. The SMILES string of the molecule is CSC(C)(C)CNS(=O)(=O)c1cc(Br)c(F)cc1N. The lowest BCUT2D eigenvalue weighted by atomic mass is 10.2. The number of hydrogen-bond donors (Lipinski definition) is 2. The van der Waals surface area contributed by atoms with E-state index in [2.05, 4.69) is 20.7 Å². The second-order valence-corrected chi connectivity index (χ2v) is 8.70. The predicted octanol–water partition coefficient (Wildman–Crippen LogP) is 2.59. The van der Waals surface area contributed by atoms with Gasteiger partial charge in [0.25, 0.3) is 0 Å². The Morgan fingerprint density at radius 2 is 2.05 bits per heavy atom. The number of nitrogens with one attached hydrogen (secondary N) is 1. The van der Waals surface area contributed by atoms with Crippen molar-refractivity contribution in [2.24, 2.45) is 0 Å². The number of anilines is 1. The van der Waals surface area contributed by atoms with Crippen LogP contribution in [0.25, 0.3) is 0 Å². The molecular formula is C11H16BrFN2O2S2. The summed E-state index contributed by atoms with van der Waals surface area (Å²) in [5, 5.41) is 0. The van der Waals surface area contributed by atoms with E-state index in [1.165, 1.54) is 6.07 Å². The van der Waals surface area contributed by atoms with Gasteiger partial charge in [-0.3, -0.25) is 0 Å². The van der Waals surface area contributed by atoms with Gasteiger partial charge in [0.2, 0.25) is 10.0 Å². The third kappa shape index (κ3) is 4.34. The van der Waals surface area contributed by atoms with Crippen molar-refractivity contribution in [3.8, 4) is 0 Å². The Kier molecular flexibility index (Phi) is 5.28. The maximum absolute atomic E-state index is 13.2. The molecule has 1 rings (SSSR count). The van der Waals surface area contributed by atoms with Crippen LogP contribution in [0.3, 0.4) is 0 Å². The van der Waals surface area contributed by atoms with E-state index in [1.807, 2.05) is 20.1 Å². The van der Waals surface area contributed by atoms with E-state index in [4.69, 9.17) is 5.73 Å². The number of sulfonamides is 1. The molecule has 0 fully saturated rings. The van der Waals surface area contributed by atoms with Gasteiger partial charge in [-0.2, -0.15) is 11.8 Å². The number of halogens is 2. The molecule has 0 unspecified atom stereocenters. The van der Waals surface area contributed by atoms with Gasteiger partial charge in [-0.05, 0) is 48.2 Å². The summed E-state index contributed by atoms with van der Waals surface area (Å²) in [7, 11) is -3.76. The first-order valence-electron chi connectivity index (χ1n) is 5.38. The van der Waals surface area contributed by atoms with Crippen molar-refractivity contribution >= 4 is 43.4 Å². The molecule has 19 heavy (non-hydrogen) atoms. The zero-order valence-corrected chi connectivity index (χ0v) is 14.0. The third-order valence-electron chi connectivity index (χ3n) is 2.58. The van der Waals surface area contributed by atoms with E-state index in [0.717, 1.165) is 6.07 Å². The standard InChI is InChI=1S/C11H16BrFN2O2S2/c1-11(2,18-3)6-15-19(16,17)10-4-7(12)8(13)5-9(10)14/h4-5,15H,6,14H2,1-3H3. The molecule has 0 aliphatic rings. The van der Waals surface area contributed by atoms with Crippen LogP contribution in [-0.2, 0) is 10.0 Å². The van der Waals surface area contributed by atoms with Crippen molar-refractivity contribution in [3.63, 3.8) is 0 Å². The van der Waals surface area contributed by atoms with Gasteiger partial charge < -0.3 is 5.73 Å². The van der Waals surface area contributed by atoms with E-state index in [-0.39, 0.29) is 26.3 Å². The molecule has 8 heteroatoms. The number of rotatable bonds is 5. The average molecular weight is 371 g/mol. The van der Waals surface area contributed by atoms with Gasteiger partial charge in [0.05, 0.1) is 10.2 Å². The minimum absolute atomic E-state index is 0.0613. The van der Waals surface area contributed by atoms with Gasteiger partial charge in [0, 0.05) is 11.3 Å². The van der Waals surface area contributed by atoms with Crippen molar-refractivity contribution in [3.05, 3.63) is 22.4 Å². The van der Waals surface area contributed by atoms with Gasteiger partial charge in [0.15, 0.2) is 0 Å². The Morgan fingerprint density at radius 3 is 2.58 bits per heavy atom. The Labute approximate surface area is 125 Å². The van der Waals surface area contributed by atoms with E-state index < -0.39 is 15.8 Å². The fourth-order valence-electron chi connectivity index (χ4n) is 1.20. The van der Waals surface area contributed by atoms with Crippen molar-refractivity contribution in [1.29, 1.82) is 0 Å². The molecule has 0 spiro atoms. The van der Waals surface area contributed by atoms with Crippen LogP contribution in [0.15, 0.2) is 21.5 Å². The smallest absolute Gasteiger partial charge is 0.242 e. The summed E-state index contributed by atoms with van der Waals surface area (Å²) >= 11 is 4.50. The van der Waals surface area contributed by atoms with Crippen molar-refractivity contribution < 1.29 is 12.8 Å². The van der Waals surface area contributed by atoms with Crippen LogP contribution in [0.1, 0.15) is 13.8 Å². The van der Waals surface area contributed by atoms with E-state index in [0.29, 0.717) is 0 Å². The highest BCUT2D eigenvalue weighted by atomic mass is 79.9. The van der Waals surface area contributed by atoms with Gasteiger partial charge >= 0.3 is 0 Å². The average Bonchev–Trinajstić information content (AvgIpc) is 2.31. The summed E-state index contributed by atoms with van der Waals surface area (Å²) in [5.74, 6) is -0.596. The minimum atomic E-state index is -3.76. The van der Waals surface area contributed by atoms with Crippen molar-refractivity contribution in [2.75, 3.05) is 18.5 Å². The second kappa shape index (κ2) is 5.99. The Balaban J connectivity index is 3.05. The molecule has 4 nitrogen and oxygen atoms in total. The summed E-state index contributed by atoms with van der Waals surface area (Å²) in [6.45, 7) is 4.10. The molecule has 0 bridgehead atoms. The molecular weight excluding hydrogens is 355 g/mol. The van der Waals surface area contributed by atoms with Gasteiger partial charge in [-0.1, -0.05) is 0 Å². The lowest BCUT2D eigenvalue weighted by Gasteiger charge is -2.22. The van der Waals surface area contributed by atoms with Crippen LogP contribution < -0.4 is 10.5 Å². The van der Waals surface area contributed by atoms with Gasteiger partial charge in [-0.25, -0.2) is 17.5 Å². The summed E-state index contributed by atoms with van der Waals surface area (Å²) in [6.07, 6.45) is 1.90. The fourth-order valence-corrected chi connectivity index (χ4v) is 3.35. The van der Waals surface area contributed by atoms with E-state index >= 15 is 0 Å². The predicted molar refractivity (Wildman–Crippen MR) is 81.3 cm³/mol. The molecule has 0 heterocycles. The van der Waals surface area contributed by atoms with Crippen molar-refractivity contribution in [1.82, 2.24) is 4.72 Å². The first-order chi connectivity index (χ1) is 8.59. The number of hydrogen-bond acceptors (Lipinski definition) is 4. The van der Waals surface area contributed by atoms with Crippen molar-refractivity contribution in [2.45, 2.75) is 23.5 Å². The number of nitrogens with two attached hydrogens (primary N) is 1. The lowest BCUT2D eigenvalue weighted by molar-refractivity contribution is 0.570. The Hall–Kier alpha value is -0.310. The lowest BCUT2D eigenvalue weighted by Crippen LogP contribution is -2.36. The molecule has 0 aliphatic carbocycles. The van der Waals surface area contributed by atoms with Crippen LogP contribution in [-0.4, -0.2) is 26.0 Å². The summed E-state index contributed by atoms with van der Waals surface area (Å²) in [4.78, 5) is -0.127. The van der Waals surface area contributed by atoms with Crippen LogP contribution in [0.5, 0.6) is 0 Å². The first kappa shape index (κ1) is 16.7. The monoisotopic (exact) mass is 370 g/mol. The summed E-state index contributed by atoms with van der Waals surface area (Å²) < 4.78 is 39.8. The molecule has 3 N–H and O–H groups in total. The largest absolute Gasteiger partial charge is 0.398 e.